The molecule has 0 aliphatic rings. The number of nitrogens with zero attached hydrogens (tertiary/aromatic N) is 8. The Morgan fingerprint density at radius 2 is 1.75 bits per heavy atom. The number of rotatable bonds is 2. The molecular weight excluding hydrogens is 264 g/mol. The molecule has 10 heteroatoms. The molecule has 0 amide bonds. The molecular formula is C10H8N8O2. The van der Waals surface area contributed by atoms with Crippen molar-refractivity contribution < 1.29 is 4.43 Å². The lowest BCUT2D eigenvalue weighted by atomic mass is 10.2. The van der Waals surface area contributed by atoms with Gasteiger partial charge in [0.25, 0.3) is 11.2 Å². The molecule has 0 N–H and O–H groups in total. The molecule has 0 aliphatic carbocycles. The second-order valence-electron chi connectivity index (χ2n) is 3.97. The van der Waals surface area contributed by atoms with E-state index in [9.17, 15) is 10.1 Å². The minimum Gasteiger partial charge on any atom is -0.805 e. The largest absolute Gasteiger partial charge is 0.805 e. The zero-order valence-electron chi connectivity index (χ0n) is 10.5. The summed E-state index contributed by atoms with van der Waals surface area (Å²) in [5.41, 5.74) is 17.4. The lowest BCUT2D eigenvalue weighted by molar-refractivity contribution is -0.473. The molecule has 0 radical (unpaired) electrons. The summed E-state index contributed by atoms with van der Waals surface area (Å²) in [5, 5.41) is 18.8. The van der Waals surface area contributed by atoms with Crippen LogP contribution in [0.4, 0.5) is 11.4 Å². The molecule has 0 spiro atoms. The Hall–Kier alpha value is -3.22. The molecule has 2 rings (SSSR count). The summed E-state index contributed by atoms with van der Waals surface area (Å²) in [7, 11) is 0. The molecule has 0 atom stereocenters. The van der Waals surface area contributed by atoms with Crippen molar-refractivity contribution in [3.8, 4) is 0 Å². The zero-order chi connectivity index (χ0) is 14.9. The van der Waals surface area contributed by atoms with Gasteiger partial charge in [-0.2, -0.15) is 0 Å². The molecule has 0 fully saturated rings. The summed E-state index contributed by atoms with van der Waals surface area (Å²) in [4.78, 5) is 17.2. The van der Waals surface area contributed by atoms with Gasteiger partial charge in [0.1, 0.15) is 5.52 Å². The van der Waals surface area contributed by atoms with Gasteiger partial charge in [-0.15, -0.1) is 0 Å². The van der Waals surface area contributed by atoms with Crippen LogP contribution in [0.3, 0.4) is 0 Å². The first-order chi connectivity index (χ1) is 9.51. The number of hydrogen-bond acceptors (Lipinski definition) is 4. The summed E-state index contributed by atoms with van der Waals surface area (Å²) in [5.74, 6) is 0. The highest BCUT2D eigenvalue weighted by atomic mass is 16.5. The van der Waals surface area contributed by atoms with Crippen molar-refractivity contribution in [2.45, 2.75) is 13.8 Å². The fraction of sp³-hybridized carbons (Fsp3) is 0.200. The molecule has 0 bridgehead atoms. The van der Waals surface area contributed by atoms with Gasteiger partial charge in [-0.3, -0.25) is 0 Å². The standard InChI is InChI=1S/C10H8N8O2/c1-5-6(2)18(20)10-4-8(14-16-12)7(13-15-11)3-9(10)17(5)19/h3-4H,1-2H3. The number of azide groups is 2. The highest BCUT2D eigenvalue weighted by Crippen LogP contribution is 2.32. The quantitative estimate of drug-likeness (QED) is 0.356. The van der Waals surface area contributed by atoms with E-state index in [0.717, 1.165) is 0 Å². The summed E-state index contributed by atoms with van der Waals surface area (Å²) < 4.78 is 1.13. The van der Waals surface area contributed by atoms with E-state index >= 15 is 0 Å². The maximum Gasteiger partial charge on any atom is 0.286 e. The fourth-order valence-electron chi connectivity index (χ4n) is 1.79. The van der Waals surface area contributed by atoms with Crippen LogP contribution in [0.5, 0.6) is 0 Å². The van der Waals surface area contributed by atoms with E-state index in [0.29, 0.717) is 9.16 Å². The van der Waals surface area contributed by atoms with Crippen LogP contribution in [0.1, 0.15) is 11.4 Å². The number of benzene rings is 1. The predicted molar refractivity (Wildman–Crippen MR) is 71.2 cm³/mol. The van der Waals surface area contributed by atoms with Gasteiger partial charge in [-0.05, 0) is 24.1 Å². The van der Waals surface area contributed by atoms with E-state index in [2.05, 4.69) is 20.1 Å². The monoisotopic (exact) mass is 272 g/mol. The molecule has 1 aromatic heterocycles. The Bertz CT molecular complexity index is 871. The third-order valence-electron chi connectivity index (χ3n) is 2.95. The Morgan fingerprint density at radius 3 is 2.30 bits per heavy atom. The summed E-state index contributed by atoms with van der Waals surface area (Å²) in [6, 6.07) is 2.43. The van der Waals surface area contributed by atoms with Crippen molar-refractivity contribution in [1.29, 1.82) is 0 Å². The molecule has 1 aromatic carbocycles. The maximum absolute atomic E-state index is 12.1. The van der Waals surface area contributed by atoms with Gasteiger partial charge in [0, 0.05) is 33.4 Å². The second-order valence-corrected chi connectivity index (χ2v) is 3.97. The molecule has 100 valence electrons. The molecule has 0 unspecified atom stereocenters. The average Bonchev–Trinajstić information content (AvgIpc) is 2.44. The van der Waals surface area contributed by atoms with Crippen LogP contribution < -0.4 is 4.43 Å². The Balaban J connectivity index is 3.06. The van der Waals surface area contributed by atoms with Crippen molar-refractivity contribution in [1.82, 2.24) is 4.73 Å². The van der Waals surface area contributed by atoms with Gasteiger partial charge in [0.05, 0.1) is 15.8 Å². The van der Waals surface area contributed by atoms with Gasteiger partial charge in [0.2, 0.25) is 0 Å². The van der Waals surface area contributed by atoms with Crippen LogP contribution in [0, 0.1) is 24.0 Å². The van der Waals surface area contributed by atoms with Crippen LogP contribution >= 0.6 is 0 Å². The first-order valence-electron chi connectivity index (χ1n) is 5.41. The Labute approximate surface area is 111 Å². The minimum absolute atomic E-state index is 0.0225. The first kappa shape index (κ1) is 13.2. The van der Waals surface area contributed by atoms with Crippen molar-refractivity contribution in [2.24, 2.45) is 10.2 Å². The third kappa shape index (κ3) is 1.87. The van der Waals surface area contributed by atoms with E-state index in [4.69, 9.17) is 11.1 Å². The van der Waals surface area contributed by atoms with E-state index in [1.807, 2.05) is 0 Å². The van der Waals surface area contributed by atoms with Gasteiger partial charge in [-0.1, -0.05) is 10.2 Å². The van der Waals surface area contributed by atoms with E-state index in [-0.39, 0.29) is 33.8 Å². The summed E-state index contributed by atoms with van der Waals surface area (Å²) in [6.45, 7) is 3.01. The molecule has 0 aliphatic heterocycles. The van der Waals surface area contributed by atoms with Gasteiger partial charge >= 0.3 is 0 Å². The third-order valence-corrected chi connectivity index (χ3v) is 2.95. The summed E-state index contributed by atoms with van der Waals surface area (Å²) >= 11 is 0. The van der Waals surface area contributed by atoms with Crippen LogP contribution in [-0.4, -0.2) is 4.73 Å². The molecule has 1 heterocycles. The SMILES string of the molecule is Cc1c(C)[n+](=O)c2cc(N=[N+]=[N-])c(N=[N+]=[N-])cc2n1[O-]. The topological polar surface area (TPSA) is 148 Å². The number of aromatic nitrogens is 2. The van der Waals surface area contributed by atoms with Crippen molar-refractivity contribution in [3.05, 3.63) is 54.5 Å². The van der Waals surface area contributed by atoms with Crippen LogP contribution in [0.2, 0.25) is 0 Å². The van der Waals surface area contributed by atoms with E-state index in [1.54, 1.807) is 0 Å². The van der Waals surface area contributed by atoms with Crippen LogP contribution in [0.15, 0.2) is 22.4 Å². The van der Waals surface area contributed by atoms with E-state index in [1.165, 1.54) is 26.0 Å². The van der Waals surface area contributed by atoms with Gasteiger partial charge in [-0.25, -0.2) is 0 Å². The molecule has 10 nitrogen and oxygen atoms in total. The predicted octanol–water partition coefficient (Wildman–Crippen LogP) is 3.40. The maximum atomic E-state index is 12.1. The molecule has 2 aromatic rings. The van der Waals surface area contributed by atoms with Crippen molar-refractivity contribution in [2.75, 3.05) is 0 Å². The number of fused-ring (bicyclic) bond motifs is 1. The first-order valence-corrected chi connectivity index (χ1v) is 5.41. The Morgan fingerprint density at radius 1 is 1.20 bits per heavy atom. The molecule has 0 saturated carbocycles. The van der Waals surface area contributed by atoms with Gasteiger partial charge in [0.15, 0.2) is 0 Å². The highest BCUT2D eigenvalue weighted by Gasteiger charge is 2.18. The minimum atomic E-state index is -0.0225. The van der Waals surface area contributed by atoms with Crippen molar-refractivity contribution >= 4 is 22.4 Å². The zero-order valence-corrected chi connectivity index (χ0v) is 10.5. The molecule has 0 saturated heterocycles. The average molecular weight is 272 g/mol. The highest BCUT2D eigenvalue weighted by molar-refractivity contribution is 5.83. The number of hydrogen-bond donors (Lipinski definition) is 0. The van der Waals surface area contributed by atoms with Crippen molar-refractivity contribution in [3.63, 3.8) is 0 Å². The lowest BCUT2D eigenvalue weighted by Crippen LogP contribution is -2.24. The smallest absolute Gasteiger partial charge is 0.286 e. The van der Waals surface area contributed by atoms with E-state index < -0.39 is 0 Å². The second kappa shape index (κ2) is 4.81. The van der Waals surface area contributed by atoms with Crippen LogP contribution in [0.25, 0.3) is 31.9 Å². The van der Waals surface area contributed by atoms with Crippen LogP contribution in [-0.2, 0) is 0 Å². The summed E-state index contributed by atoms with van der Waals surface area (Å²) in [6.07, 6.45) is 0. The van der Waals surface area contributed by atoms with Gasteiger partial charge < -0.3 is 9.94 Å². The Kier molecular flexibility index (Phi) is 3.18. The normalized spacial score (nSPS) is 9.90. The lowest BCUT2D eigenvalue weighted by Gasteiger charge is -2.16. The fourth-order valence-corrected chi connectivity index (χ4v) is 1.79. The molecule has 20 heavy (non-hydrogen) atoms.